The minimum absolute atomic E-state index is 0.222. The lowest BCUT2D eigenvalue weighted by Gasteiger charge is -2.25. The molecule has 0 aliphatic carbocycles. The predicted molar refractivity (Wildman–Crippen MR) is 129 cm³/mol. The molecule has 0 aromatic heterocycles. The van der Waals surface area contributed by atoms with Crippen molar-refractivity contribution >= 4 is 11.6 Å². The van der Waals surface area contributed by atoms with E-state index in [0.717, 1.165) is 16.7 Å². The van der Waals surface area contributed by atoms with Crippen LogP contribution >= 0.6 is 0 Å². The molecule has 0 radical (unpaired) electrons. The van der Waals surface area contributed by atoms with Crippen molar-refractivity contribution in [3.63, 3.8) is 0 Å². The van der Waals surface area contributed by atoms with Crippen LogP contribution in [-0.4, -0.2) is 28.5 Å². The van der Waals surface area contributed by atoms with Gasteiger partial charge in [-0.25, -0.2) is 0 Å². The van der Waals surface area contributed by atoms with E-state index < -0.39 is 18.1 Å². The Kier molecular flexibility index (Phi) is 8.26. The molecule has 0 amide bonds. The first kappa shape index (κ1) is 23.3. The monoisotopic (exact) mass is 430 g/mol. The van der Waals surface area contributed by atoms with Crippen molar-refractivity contribution in [1.29, 1.82) is 0 Å². The van der Waals surface area contributed by atoms with Crippen LogP contribution in [-0.2, 0) is 0 Å². The third-order valence-electron chi connectivity index (χ3n) is 5.63. The van der Waals surface area contributed by atoms with Gasteiger partial charge in [-0.2, -0.15) is 0 Å². The Bertz CT molecular complexity index is 1010. The summed E-state index contributed by atoms with van der Waals surface area (Å²) in [7, 11) is 1.59. The molecule has 0 bridgehead atoms. The van der Waals surface area contributed by atoms with Crippen LogP contribution in [0.3, 0.4) is 0 Å². The molecule has 4 nitrogen and oxygen atoms in total. The van der Waals surface area contributed by atoms with Gasteiger partial charge in [-0.3, -0.25) is 0 Å². The van der Waals surface area contributed by atoms with Crippen LogP contribution in [0.1, 0.15) is 35.6 Å². The van der Waals surface area contributed by atoms with E-state index in [-0.39, 0.29) is 5.75 Å². The third-order valence-corrected chi connectivity index (χ3v) is 5.63. The number of hydrogen-bond donors (Lipinski definition) is 3. The topological polar surface area (TPSA) is 69.9 Å². The fraction of sp³-hybridized carbons (Fsp3) is 0.214. The highest BCUT2D eigenvalue weighted by Crippen LogP contribution is 2.31. The summed E-state index contributed by atoms with van der Waals surface area (Å²) >= 11 is 0. The Morgan fingerprint density at radius 2 is 1.59 bits per heavy atom. The summed E-state index contributed by atoms with van der Waals surface area (Å²) < 4.78 is 5.17. The van der Waals surface area contributed by atoms with E-state index in [9.17, 15) is 15.3 Å². The Morgan fingerprint density at radius 3 is 2.19 bits per heavy atom. The molecule has 0 spiro atoms. The fourth-order valence-corrected chi connectivity index (χ4v) is 3.74. The highest BCUT2D eigenvalue weighted by atomic mass is 16.5. The van der Waals surface area contributed by atoms with Gasteiger partial charge in [-0.15, -0.1) is 6.58 Å². The molecule has 0 unspecified atom stereocenters. The molecule has 3 atom stereocenters. The maximum absolute atomic E-state index is 10.9. The smallest absolute Gasteiger partial charge is 0.118 e. The summed E-state index contributed by atoms with van der Waals surface area (Å²) in [5, 5.41) is 31.3. The van der Waals surface area contributed by atoms with Gasteiger partial charge in [0.15, 0.2) is 0 Å². The summed E-state index contributed by atoms with van der Waals surface area (Å²) in [4.78, 5) is 0. The number of methoxy groups -OCH3 is 1. The van der Waals surface area contributed by atoms with Gasteiger partial charge in [0, 0.05) is 5.92 Å². The van der Waals surface area contributed by atoms with Crippen molar-refractivity contribution in [3.8, 4) is 11.5 Å². The summed E-state index contributed by atoms with van der Waals surface area (Å²) in [5.41, 5.74) is 3.81. The van der Waals surface area contributed by atoms with Crippen LogP contribution in [0.2, 0.25) is 0 Å². The minimum Gasteiger partial charge on any atom is -0.508 e. The Labute approximate surface area is 189 Å². The molecule has 0 fully saturated rings. The highest BCUT2D eigenvalue weighted by Gasteiger charge is 2.25. The van der Waals surface area contributed by atoms with E-state index in [0.29, 0.717) is 24.2 Å². The van der Waals surface area contributed by atoms with E-state index in [1.54, 1.807) is 49.6 Å². The molecular formula is C28H30O4. The average Bonchev–Trinajstić information content (AvgIpc) is 2.84. The van der Waals surface area contributed by atoms with E-state index in [1.165, 1.54) is 0 Å². The third kappa shape index (κ3) is 6.10. The number of phenols is 1. The second-order valence-corrected chi connectivity index (χ2v) is 7.76. The first-order valence-electron chi connectivity index (χ1n) is 10.7. The maximum Gasteiger partial charge on any atom is 0.118 e. The van der Waals surface area contributed by atoms with Crippen molar-refractivity contribution in [3.05, 3.63) is 108 Å². The van der Waals surface area contributed by atoms with Crippen LogP contribution in [0.15, 0.2) is 91.5 Å². The zero-order valence-electron chi connectivity index (χ0n) is 18.3. The molecule has 4 heteroatoms. The van der Waals surface area contributed by atoms with Gasteiger partial charge < -0.3 is 20.1 Å². The number of ether oxygens (including phenoxy) is 1. The number of aliphatic hydroxyl groups excluding tert-OH is 2. The minimum atomic E-state index is -0.866. The molecule has 3 aromatic carbocycles. The van der Waals surface area contributed by atoms with Gasteiger partial charge in [0.05, 0.1) is 19.3 Å². The largest absolute Gasteiger partial charge is 0.508 e. The van der Waals surface area contributed by atoms with Crippen molar-refractivity contribution in [1.82, 2.24) is 0 Å². The summed E-state index contributed by atoms with van der Waals surface area (Å²) in [6.07, 6.45) is 3.12. The normalized spacial score (nSPS) is 14.4. The molecule has 0 aliphatic rings. The van der Waals surface area contributed by atoms with E-state index in [1.807, 2.05) is 42.5 Å². The van der Waals surface area contributed by atoms with Crippen LogP contribution < -0.4 is 4.74 Å². The quantitative estimate of drug-likeness (QED) is 0.288. The molecule has 166 valence electrons. The Balaban J connectivity index is 1.76. The molecule has 0 aliphatic heterocycles. The molecule has 32 heavy (non-hydrogen) atoms. The van der Waals surface area contributed by atoms with E-state index in [4.69, 9.17) is 4.74 Å². The molecular weight excluding hydrogens is 400 g/mol. The van der Waals surface area contributed by atoms with E-state index >= 15 is 0 Å². The first-order chi connectivity index (χ1) is 15.5. The van der Waals surface area contributed by atoms with Crippen LogP contribution in [0.25, 0.3) is 11.6 Å². The zero-order chi connectivity index (χ0) is 22.9. The lowest BCUT2D eigenvalue weighted by atomic mass is 9.87. The van der Waals surface area contributed by atoms with Gasteiger partial charge in [-0.05, 0) is 59.4 Å². The average molecular weight is 431 g/mol. The van der Waals surface area contributed by atoms with Crippen molar-refractivity contribution in [2.45, 2.75) is 25.0 Å². The Hall–Kier alpha value is -3.34. The number of benzene rings is 3. The number of allylic oxidation sites excluding steroid dienone is 1. The molecule has 3 N–H and O–H groups in total. The summed E-state index contributed by atoms with van der Waals surface area (Å²) in [6, 6.07) is 24.2. The van der Waals surface area contributed by atoms with Crippen LogP contribution in [0, 0.1) is 5.92 Å². The van der Waals surface area contributed by atoms with Crippen LogP contribution in [0.5, 0.6) is 11.5 Å². The van der Waals surface area contributed by atoms with Crippen LogP contribution in [0.4, 0.5) is 0 Å². The lowest BCUT2D eigenvalue weighted by Crippen LogP contribution is -2.25. The number of aromatic hydroxyl groups is 1. The fourth-order valence-electron chi connectivity index (χ4n) is 3.74. The van der Waals surface area contributed by atoms with Gasteiger partial charge in [0.1, 0.15) is 11.5 Å². The number of aliphatic hydroxyl groups is 2. The Morgan fingerprint density at radius 1 is 0.938 bits per heavy atom. The van der Waals surface area contributed by atoms with Gasteiger partial charge in [0.2, 0.25) is 0 Å². The lowest BCUT2D eigenvalue weighted by molar-refractivity contribution is 0.0325. The second kappa shape index (κ2) is 11.3. The molecule has 0 heterocycles. The standard InChI is InChI=1S/C28H30O4/c1-3-26(28(31)22-11-16-25(32-2)17-12-22)27(30)18-13-23(21-7-5-4-6-8-21)19-20-9-14-24(29)15-10-20/h3-12,14-17,19,26-31H,1,13,18H2,2H3/b23-19-/t26-,27-,28-/m1/s1. The summed E-state index contributed by atoms with van der Waals surface area (Å²) in [6.45, 7) is 3.84. The second-order valence-electron chi connectivity index (χ2n) is 7.76. The van der Waals surface area contributed by atoms with E-state index in [2.05, 4.69) is 12.7 Å². The van der Waals surface area contributed by atoms with Crippen molar-refractivity contribution in [2.24, 2.45) is 5.92 Å². The predicted octanol–water partition coefficient (Wildman–Crippen LogP) is 5.62. The highest BCUT2D eigenvalue weighted by molar-refractivity contribution is 5.81. The van der Waals surface area contributed by atoms with Crippen molar-refractivity contribution in [2.75, 3.05) is 7.11 Å². The SMILES string of the molecule is C=C[C@H]([C@H](O)CC/C(=C/c1ccc(O)cc1)c1ccccc1)[C@H](O)c1ccc(OC)cc1. The zero-order valence-corrected chi connectivity index (χ0v) is 18.3. The van der Waals surface area contributed by atoms with Gasteiger partial charge in [0.25, 0.3) is 0 Å². The number of rotatable bonds is 10. The first-order valence-corrected chi connectivity index (χ1v) is 10.7. The molecule has 0 saturated heterocycles. The molecule has 0 saturated carbocycles. The van der Waals surface area contributed by atoms with Gasteiger partial charge >= 0.3 is 0 Å². The molecule has 3 aromatic rings. The molecule has 3 rings (SSSR count). The maximum atomic E-state index is 10.9. The van der Waals surface area contributed by atoms with Gasteiger partial charge in [-0.1, -0.05) is 66.7 Å². The summed E-state index contributed by atoms with van der Waals surface area (Å²) in [5.74, 6) is 0.429. The van der Waals surface area contributed by atoms with Crippen molar-refractivity contribution < 1.29 is 20.1 Å². The number of hydrogen-bond acceptors (Lipinski definition) is 4. The number of phenolic OH excluding ortho intramolecular Hbond substituents is 1.